The molecule has 0 bridgehead atoms. The van der Waals surface area contributed by atoms with Gasteiger partial charge in [-0.05, 0) is 25.0 Å². The van der Waals surface area contributed by atoms with Crippen molar-refractivity contribution in [1.82, 2.24) is 9.71 Å². The number of hydrogen-bond acceptors (Lipinski definition) is 4. The number of fused-ring (bicyclic) bond motifs is 1. The van der Waals surface area contributed by atoms with Crippen LogP contribution >= 0.6 is 0 Å². The summed E-state index contributed by atoms with van der Waals surface area (Å²) in [6.07, 6.45) is 3.05. The van der Waals surface area contributed by atoms with Crippen molar-refractivity contribution < 1.29 is 13.2 Å². The Kier molecular flexibility index (Phi) is 2.74. The molecule has 0 aliphatic heterocycles. The molecule has 1 fully saturated rings. The number of benzene rings is 1. The maximum absolute atomic E-state index is 12.2. The van der Waals surface area contributed by atoms with E-state index in [1.807, 2.05) is 0 Å². The monoisotopic (exact) mass is 276 g/mol. The Balaban J connectivity index is 2.05. The maximum atomic E-state index is 12.2. The van der Waals surface area contributed by atoms with Gasteiger partial charge in [0.2, 0.25) is 5.91 Å². The molecule has 1 N–H and O–H groups in total. The van der Waals surface area contributed by atoms with Gasteiger partial charge in [0.15, 0.2) is 0 Å². The fourth-order valence-electron chi connectivity index (χ4n) is 1.91. The zero-order valence-corrected chi connectivity index (χ0v) is 10.9. The molecule has 1 heterocycles. The van der Waals surface area contributed by atoms with Crippen molar-refractivity contribution in [3.8, 4) is 0 Å². The SMILES string of the molecule is O=C(NS(=O)(=O)c1cccc2cccnc12)C1CC1. The molecule has 0 atom stereocenters. The van der Waals surface area contributed by atoms with E-state index >= 15 is 0 Å². The topological polar surface area (TPSA) is 76.1 Å². The Morgan fingerprint density at radius 1 is 1.21 bits per heavy atom. The van der Waals surface area contributed by atoms with Gasteiger partial charge in [-0.15, -0.1) is 0 Å². The predicted molar refractivity (Wildman–Crippen MR) is 69.8 cm³/mol. The Bertz CT molecular complexity index is 746. The van der Waals surface area contributed by atoms with Crippen molar-refractivity contribution >= 4 is 26.8 Å². The molecule has 1 amide bonds. The molecule has 1 aliphatic carbocycles. The van der Waals surface area contributed by atoms with E-state index in [1.165, 1.54) is 12.3 Å². The molecule has 98 valence electrons. The molecule has 0 radical (unpaired) electrons. The average molecular weight is 276 g/mol. The predicted octanol–water partition coefficient (Wildman–Crippen LogP) is 1.45. The van der Waals surface area contributed by atoms with E-state index in [1.54, 1.807) is 24.3 Å². The summed E-state index contributed by atoms with van der Waals surface area (Å²) in [5, 5.41) is 0.726. The molecule has 1 aromatic heterocycles. The summed E-state index contributed by atoms with van der Waals surface area (Å²) in [4.78, 5) is 15.7. The van der Waals surface area contributed by atoms with E-state index in [9.17, 15) is 13.2 Å². The number of aromatic nitrogens is 1. The van der Waals surface area contributed by atoms with Gasteiger partial charge in [0.1, 0.15) is 4.90 Å². The summed E-state index contributed by atoms with van der Waals surface area (Å²) >= 11 is 0. The van der Waals surface area contributed by atoms with Crippen LogP contribution in [0.25, 0.3) is 10.9 Å². The van der Waals surface area contributed by atoms with E-state index in [4.69, 9.17) is 0 Å². The first-order valence-corrected chi connectivity index (χ1v) is 7.47. The molecular weight excluding hydrogens is 264 g/mol. The lowest BCUT2D eigenvalue weighted by molar-refractivity contribution is -0.120. The molecule has 1 aromatic carbocycles. The van der Waals surface area contributed by atoms with Gasteiger partial charge in [0.05, 0.1) is 5.52 Å². The zero-order valence-electron chi connectivity index (χ0n) is 10.0. The fraction of sp³-hybridized carbons (Fsp3) is 0.231. The number of carbonyl (C=O) groups is 1. The molecule has 5 nitrogen and oxygen atoms in total. The van der Waals surface area contributed by atoms with Gasteiger partial charge < -0.3 is 0 Å². The lowest BCUT2D eigenvalue weighted by atomic mass is 10.2. The molecule has 0 spiro atoms. The Hall–Kier alpha value is -1.95. The second kappa shape index (κ2) is 4.31. The van der Waals surface area contributed by atoms with Crippen LogP contribution in [-0.4, -0.2) is 19.3 Å². The highest BCUT2D eigenvalue weighted by Gasteiger charge is 2.33. The van der Waals surface area contributed by atoms with Crippen LogP contribution in [0.15, 0.2) is 41.4 Å². The number of pyridine rings is 1. The lowest BCUT2D eigenvalue weighted by Crippen LogP contribution is -2.31. The van der Waals surface area contributed by atoms with Crippen LogP contribution in [0.1, 0.15) is 12.8 Å². The number of nitrogens with zero attached hydrogens (tertiary/aromatic N) is 1. The number of hydrogen-bond donors (Lipinski definition) is 1. The third-order valence-corrected chi connectivity index (χ3v) is 4.45. The van der Waals surface area contributed by atoms with E-state index in [0.717, 1.165) is 18.2 Å². The van der Waals surface area contributed by atoms with Crippen molar-refractivity contribution in [2.45, 2.75) is 17.7 Å². The second-order valence-electron chi connectivity index (χ2n) is 4.58. The standard InChI is InChI=1S/C13H12N2O3S/c16-13(10-6-7-10)15-19(17,18)11-5-1-3-9-4-2-8-14-12(9)11/h1-5,8,10H,6-7H2,(H,15,16). The molecule has 1 aliphatic rings. The molecule has 3 rings (SSSR count). The van der Waals surface area contributed by atoms with Gasteiger partial charge in [0.25, 0.3) is 10.0 Å². The Morgan fingerprint density at radius 2 is 1.95 bits per heavy atom. The summed E-state index contributed by atoms with van der Waals surface area (Å²) in [5.41, 5.74) is 0.376. The van der Waals surface area contributed by atoms with E-state index in [-0.39, 0.29) is 10.8 Å². The summed E-state index contributed by atoms with van der Waals surface area (Å²) in [5.74, 6) is -0.578. The highest BCUT2D eigenvalue weighted by Crippen LogP contribution is 2.29. The fourth-order valence-corrected chi connectivity index (χ4v) is 3.13. The quantitative estimate of drug-likeness (QED) is 0.920. The number of rotatable bonds is 3. The Labute approximate surface area is 110 Å². The second-order valence-corrected chi connectivity index (χ2v) is 6.23. The summed E-state index contributed by atoms with van der Waals surface area (Å²) < 4.78 is 26.6. The number of carbonyl (C=O) groups excluding carboxylic acids is 1. The summed E-state index contributed by atoms with van der Waals surface area (Å²) in [6, 6.07) is 8.40. The van der Waals surface area contributed by atoms with Gasteiger partial charge in [-0.1, -0.05) is 18.2 Å². The van der Waals surface area contributed by atoms with Gasteiger partial charge in [0, 0.05) is 17.5 Å². The van der Waals surface area contributed by atoms with Crippen molar-refractivity contribution in [2.24, 2.45) is 5.92 Å². The largest absolute Gasteiger partial charge is 0.274 e. The third-order valence-electron chi connectivity index (χ3n) is 3.07. The normalized spacial score (nSPS) is 15.4. The maximum Gasteiger partial charge on any atom is 0.266 e. The number of amides is 1. The minimum atomic E-state index is -3.85. The summed E-state index contributed by atoms with van der Waals surface area (Å²) in [7, 11) is -3.85. The van der Waals surface area contributed by atoms with E-state index in [2.05, 4.69) is 9.71 Å². The first-order chi connectivity index (χ1) is 9.08. The minimum absolute atomic E-state index is 0.0413. The van der Waals surface area contributed by atoms with Crippen LogP contribution < -0.4 is 4.72 Å². The van der Waals surface area contributed by atoms with Crippen LogP contribution in [0.3, 0.4) is 0 Å². The summed E-state index contributed by atoms with van der Waals surface area (Å²) in [6.45, 7) is 0. The van der Waals surface area contributed by atoms with Crippen LogP contribution in [0.5, 0.6) is 0 Å². The first kappa shape index (κ1) is 12.1. The first-order valence-electron chi connectivity index (χ1n) is 5.98. The third kappa shape index (κ3) is 2.31. The zero-order chi connectivity index (χ0) is 13.5. The van der Waals surface area contributed by atoms with Crippen LogP contribution in [0, 0.1) is 5.92 Å². The number of para-hydroxylation sites is 1. The van der Waals surface area contributed by atoms with Gasteiger partial charge in [-0.3, -0.25) is 9.78 Å². The van der Waals surface area contributed by atoms with Gasteiger partial charge in [-0.2, -0.15) is 0 Å². The molecular formula is C13H12N2O3S. The van der Waals surface area contributed by atoms with Gasteiger partial charge in [-0.25, -0.2) is 13.1 Å². The van der Waals surface area contributed by atoms with Gasteiger partial charge >= 0.3 is 0 Å². The average Bonchev–Trinajstić information content (AvgIpc) is 3.22. The Morgan fingerprint density at radius 3 is 2.68 bits per heavy atom. The highest BCUT2D eigenvalue weighted by atomic mass is 32.2. The molecule has 6 heteroatoms. The molecule has 0 unspecified atom stereocenters. The number of nitrogens with one attached hydrogen (secondary N) is 1. The smallest absolute Gasteiger partial charge is 0.266 e. The van der Waals surface area contributed by atoms with Crippen molar-refractivity contribution in [3.63, 3.8) is 0 Å². The lowest BCUT2D eigenvalue weighted by Gasteiger charge is -2.08. The highest BCUT2D eigenvalue weighted by molar-refractivity contribution is 7.90. The van der Waals surface area contributed by atoms with E-state index in [0.29, 0.717) is 5.52 Å². The number of sulfonamides is 1. The minimum Gasteiger partial charge on any atom is -0.274 e. The van der Waals surface area contributed by atoms with Crippen LogP contribution in [0.4, 0.5) is 0 Å². The molecule has 19 heavy (non-hydrogen) atoms. The molecule has 0 saturated heterocycles. The van der Waals surface area contributed by atoms with Crippen LogP contribution in [-0.2, 0) is 14.8 Å². The molecule has 1 saturated carbocycles. The van der Waals surface area contributed by atoms with Crippen LogP contribution in [0.2, 0.25) is 0 Å². The van der Waals surface area contributed by atoms with E-state index < -0.39 is 15.9 Å². The van der Waals surface area contributed by atoms with Crippen molar-refractivity contribution in [3.05, 3.63) is 36.5 Å². The van der Waals surface area contributed by atoms with Crippen molar-refractivity contribution in [2.75, 3.05) is 0 Å². The molecule has 2 aromatic rings. The van der Waals surface area contributed by atoms with Crippen molar-refractivity contribution in [1.29, 1.82) is 0 Å².